The van der Waals surface area contributed by atoms with Gasteiger partial charge in [0.15, 0.2) is 6.29 Å². The lowest BCUT2D eigenvalue weighted by Crippen LogP contribution is -2.00. The van der Waals surface area contributed by atoms with Gasteiger partial charge in [-0.1, -0.05) is 30.8 Å². The molecule has 0 aliphatic carbocycles. The van der Waals surface area contributed by atoms with Gasteiger partial charge >= 0.3 is 0 Å². The molecule has 0 fully saturated rings. The molecule has 1 heterocycles. The molecular formula is C20H22N2O. The molecule has 0 aliphatic heterocycles. The summed E-state index contributed by atoms with van der Waals surface area (Å²) in [6.07, 6.45) is 7.31. The lowest BCUT2D eigenvalue weighted by atomic mass is 9.99. The van der Waals surface area contributed by atoms with E-state index in [-0.39, 0.29) is 0 Å². The summed E-state index contributed by atoms with van der Waals surface area (Å²) in [5.41, 5.74) is 5.98. The Balaban J connectivity index is 2.14. The largest absolute Gasteiger partial charge is 0.383 e. The second-order valence-corrected chi connectivity index (χ2v) is 5.83. The first-order valence-corrected chi connectivity index (χ1v) is 7.53. The lowest BCUT2D eigenvalue weighted by molar-refractivity contribution is 0.111. The number of hydrogen-bond donors (Lipinski definition) is 0. The topological polar surface area (TPSA) is 33.2 Å². The molecule has 0 saturated carbocycles. The summed E-state index contributed by atoms with van der Waals surface area (Å²) in [6.45, 7) is 6.10. The minimum absolute atomic E-state index is 0.476. The van der Waals surface area contributed by atoms with Crippen LogP contribution in [0, 0.1) is 6.92 Å². The number of hydrogen-bond acceptors (Lipinski definition) is 3. The van der Waals surface area contributed by atoms with E-state index in [1.807, 2.05) is 44.3 Å². The van der Waals surface area contributed by atoms with E-state index in [1.54, 1.807) is 6.20 Å². The highest BCUT2D eigenvalue weighted by Gasteiger charge is 2.04. The van der Waals surface area contributed by atoms with Crippen LogP contribution >= 0.6 is 0 Å². The van der Waals surface area contributed by atoms with Crippen LogP contribution in [0.1, 0.15) is 32.7 Å². The van der Waals surface area contributed by atoms with Gasteiger partial charge in [0.1, 0.15) is 5.69 Å². The maximum atomic E-state index is 10.9. The third-order valence-electron chi connectivity index (χ3n) is 3.65. The Bertz CT molecular complexity index is 728. The standard InChI is InChI=1S/C20H22N2O/c1-15(9-10-22(3)4)18-7-5-17(6-8-18)11-19-12-20(14-23)21-13-16(19)2/h5-10,12-14H,1,11H2,2-4H3/b10-9-. The van der Waals surface area contributed by atoms with E-state index in [0.29, 0.717) is 5.69 Å². The van der Waals surface area contributed by atoms with E-state index in [0.717, 1.165) is 35.0 Å². The van der Waals surface area contributed by atoms with Crippen LogP contribution < -0.4 is 0 Å². The number of rotatable bonds is 6. The van der Waals surface area contributed by atoms with E-state index in [4.69, 9.17) is 0 Å². The molecule has 1 aromatic heterocycles. The van der Waals surface area contributed by atoms with Crippen molar-refractivity contribution in [3.8, 4) is 0 Å². The van der Waals surface area contributed by atoms with E-state index >= 15 is 0 Å². The number of carbonyl (C=O) groups is 1. The van der Waals surface area contributed by atoms with Gasteiger partial charge in [0.05, 0.1) is 0 Å². The Labute approximate surface area is 138 Å². The Hall–Kier alpha value is -2.68. The van der Waals surface area contributed by atoms with Crippen molar-refractivity contribution in [1.82, 2.24) is 9.88 Å². The summed E-state index contributed by atoms with van der Waals surface area (Å²) in [5.74, 6) is 0. The number of carbonyl (C=O) groups excluding carboxylic acids is 1. The highest BCUT2D eigenvalue weighted by atomic mass is 16.1. The number of aryl methyl sites for hydroxylation is 1. The second kappa shape index (κ2) is 7.54. The van der Waals surface area contributed by atoms with E-state index in [9.17, 15) is 4.79 Å². The van der Waals surface area contributed by atoms with Gasteiger partial charge in [-0.3, -0.25) is 9.78 Å². The zero-order chi connectivity index (χ0) is 16.8. The molecule has 0 radical (unpaired) electrons. The fourth-order valence-electron chi connectivity index (χ4n) is 2.23. The van der Waals surface area contributed by atoms with Gasteiger partial charge in [0.2, 0.25) is 0 Å². The molecule has 0 bridgehead atoms. The quantitative estimate of drug-likeness (QED) is 0.600. The third kappa shape index (κ3) is 4.65. The third-order valence-corrected chi connectivity index (χ3v) is 3.65. The number of nitrogens with zero attached hydrogens (tertiary/aromatic N) is 2. The van der Waals surface area contributed by atoms with Crippen LogP contribution in [-0.2, 0) is 6.42 Å². The average molecular weight is 306 g/mol. The molecule has 2 rings (SSSR count). The molecule has 0 aliphatic rings. The first-order valence-electron chi connectivity index (χ1n) is 7.53. The molecule has 3 nitrogen and oxygen atoms in total. The molecular weight excluding hydrogens is 284 g/mol. The van der Waals surface area contributed by atoms with Crippen LogP contribution in [-0.4, -0.2) is 30.3 Å². The Kier molecular flexibility index (Phi) is 5.47. The van der Waals surface area contributed by atoms with Crippen molar-refractivity contribution in [2.75, 3.05) is 14.1 Å². The van der Waals surface area contributed by atoms with Crippen molar-refractivity contribution >= 4 is 11.9 Å². The Morgan fingerprint density at radius 3 is 2.57 bits per heavy atom. The minimum atomic E-state index is 0.476. The van der Waals surface area contributed by atoms with Crippen molar-refractivity contribution in [2.45, 2.75) is 13.3 Å². The predicted molar refractivity (Wildman–Crippen MR) is 95.5 cm³/mol. The summed E-state index contributed by atoms with van der Waals surface area (Å²) >= 11 is 0. The fraction of sp³-hybridized carbons (Fsp3) is 0.200. The van der Waals surface area contributed by atoms with Gasteiger partial charge < -0.3 is 4.90 Å². The molecule has 3 heteroatoms. The highest BCUT2D eigenvalue weighted by Crippen LogP contribution is 2.18. The molecule has 0 amide bonds. The Morgan fingerprint density at radius 2 is 1.96 bits per heavy atom. The van der Waals surface area contributed by atoms with Gasteiger partial charge in [0, 0.05) is 20.3 Å². The molecule has 0 saturated heterocycles. The van der Waals surface area contributed by atoms with Gasteiger partial charge in [-0.2, -0.15) is 0 Å². The van der Waals surface area contributed by atoms with E-state index < -0.39 is 0 Å². The summed E-state index contributed by atoms with van der Waals surface area (Å²) in [5, 5.41) is 0. The fourth-order valence-corrected chi connectivity index (χ4v) is 2.23. The lowest BCUT2D eigenvalue weighted by Gasteiger charge is -2.08. The summed E-state index contributed by atoms with van der Waals surface area (Å²) < 4.78 is 0. The molecule has 0 spiro atoms. The van der Waals surface area contributed by atoms with Crippen LogP contribution in [0.4, 0.5) is 0 Å². The van der Waals surface area contributed by atoms with Gasteiger partial charge in [-0.05, 0) is 59.5 Å². The summed E-state index contributed by atoms with van der Waals surface area (Å²) in [6, 6.07) is 10.2. The minimum Gasteiger partial charge on any atom is -0.383 e. The number of allylic oxidation sites excluding steroid dienone is 2. The number of aldehydes is 1. The second-order valence-electron chi connectivity index (χ2n) is 5.83. The van der Waals surface area contributed by atoms with E-state index in [1.165, 1.54) is 5.56 Å². The zero-order valence-corrected chi connectivity index (χ0v) is 13.9. The normalized spacial score (nSPS) is 10.7. The van der Waals surface area contributed by atoms with Gasteiger partial charge in [-0.15, -0.1) is 0 Å². The van der Waals surface area contributed by atoms with Crippen LogP contribution in [0.15, 0.2) is 55.4 Å². The number of aromatic nitrogens is 1. The predicted octanol–water partition coefficient (Wildman–Crippen LogP) is 3.88. The first-order chi connectivity index (χ1) is 11.0. The number of pyridine rings is 1. The smallest absolute Gasteiger partial charge is 0.168 e. The zero-order valence-electron chi connectivity index (χ0n) is 13.9. The molecule has 0 atom stereocenters. The van der Waals surface area contributed by atoms with Crippen molar-refractivity contribution in [1.29, 1.82) is 0 Å². The maximum Gasteiger partial charge on any atom is 0.168 e. The molecule has 118 valence electrons. The van der Waals surface area contributed by atoms with Crippen molar-refractivity contribution < 1.29 is 4.79 Å². The molecule has 0 N–H and O–H groups in total. The van der Waals surface area contributed by atoms with Gasteiger partial charge in [0.25, 0.3) is 0 Å². The van der Waals surface area contributed by atoms with Gasteiger partial charge in [-0.25, -0.2) is 0 Å². The van der Waals surface area contributed by atoms with Crippen LogP contribution in [0.5, 0.6) is 0 Å². The maximum absolute atomic E-state index is 10.9. The van der Waals surface area contributed by atoms with Crippen LogP contribution in [0.25, 0.3) is 5.57 Å². The average Bonchev–Trinajstić information content (AvgIpc) is 2.55. The van der Waals surface area contributed by atoms with Crippen molar-refractivity contribution in [3.05, 3.63) is 83.3 Å². The first kappa shape index (κ1) is 16.7. The van der Waals surface area contributed by atoms with Crippen LogP contribution in [0.3, 0.4) is 0 Å². The highest BCUT2D eigenvalue weighted by molar-refractivity contribution is 5.72. The molecule has 2 aromatic rings. The molecule has 1 aromatic carbocycles. The number of benzene rings is 1. The summed E-state index contributed by atoms with van der Waals surface area (Å²) in [7, 11) is 3.97. The van der Waals surface area contributed by atoms with Crippen LogP contribution in [0.2, 0.25) is 0 Å². The van der Waals surface area contributed by atoms with Crippen molar-refractivity contribution in [3.63, 3.8) is 0 Å². The Morgan fingerprint density at radius 1 is 1.26 bits per heavy atom. The van der Waals surface area contributed by atoms with Crippen molar-refractivity contribution in [2.24, 2.45) is 0 Å². The SMILES string of the molecule is C=C(/C=C\N(C)C)c1ccc(Cc2cc(C=O)ncc2C)cc1. The molecule has 23 heavy (non-hydrogen) atoms. The monoisotopic (exact) mass is 306 g/mol. The van der Waals surface area contributed by atoms with E-state index in [2.05, 4.69) is 35.8 Å². The molecule has 0 unspecified atom stereocenters. The summed E-state index contributed by atoms with van der Waals surface area (Å²) in [4.78, 5) is 16.9.